The lowest BCUT2D eigenvalue weighted by atomic mass is 10.1. The van der Waals surface area contributed by atoms with E-state index >= 15 is 0 Å². The van der Waals surface area contributed by atoms with Crippen molar-refractivity contribution in [2.45, 2.75) is 41.1 Å². The van der Waals surface area contributed by atoms with E-state index in [4.69, 9.17) is 0 Å². The summed E-state index contributed by atoms with van der Waals surface area (Å²) < 4.78 is 57.0. The van der Waals surface area contributed by atoms with Gasteiger partial charge in [0.1, 0.15) is 0 Å². The number of carboxylic acids is 2. The Hall–Kier alpha value is -4.36. The average Bonchev–Trinajstić information content (AvgIpc) is 3.34. The SMILES string of the molecule is O=C([O-])[C@@H](Cc1ccccc1)NS(=O)(=O)c1ccc2c(c1)Cc1cc(S(=O)(=O)N[C@H](Cc3ccccc3)C(=O)[O-])ccc1-2. The van der Waals surface area contributed by atoms with E-state index in [-0.39, 0.29) is 29.1 Å². The number of nitrogens with one attached hydrogen (secondary N) is 2. The van der Waals surface area contributed by atoms with E-state index in [9.17, 15) is 36.6 Å². The number of benzene rings is 4. The molecule has 2 atom stereocenters. The van der Waals surface area contributed by atoms with Gasteiger partial charge in [-0.2, -0.15) is 0 Å². The van der Waals surface area contributed by atoms with Crippen LogP contribution < -0.4 is 19.7 Å². The fourth-order valence-electron chi connectivity index (χ4n) is 5.05. The third-order valence-corrected chi connectivity index (χ3v) is 10.1. The van der Waals surface area contributed by atoms with E-state index in [1.807, 2.05) is 0 Å². The van der Waals surface area contributed by atoms with Crippen LogP contribution in [0.1, 0.15) is 22.3 Å². The lowest BCUT2D eigenvalue weighted by Gasteiger charge is -2.20. The van der Waals surface area contributed by atoms with E-state index in [1.165, 1.54) is 24.3 Å². The maximum Gasteiger partial charge on any atom is 0.241 e. The van der Waals surface area contributed by atoms with Gasteiger partial charge in [0.05, 0.1) is 33.8 Å². The van der Waals surface area contributed by atoms with Crippen LogP contribution in [-0.4, -0.2) is 40.9 Å². The number of hydrogen-bond acceptors (Lipinski definition) is 8. The van der Waals surface area contributed by atoms with Gasteiger partial charge >= 0.3 is 0 Å². The van der Waals surface area contributed by atoms with Gasteiger partial charge in [0.25, 0.3) is 0 Å². The second kappa shape index (κ2) is 12.1. The molecule has 0 spiro atoms. The van der Waals surface area contributed by atoms with E-state index in [0.717, 1.165) is 0 Å². The lowest BCUT2D eigenvalue weighted by molar-refractivity contribution is -0.309. The van der Waals surface area contributed by atoms with Gasteiger partial charge in [0.15, 0.2) is 0 Å². The van der Waals surface area contributed by atoms with Crippen LogP contribution in [0.4, 0.5) is 0 Å². The highest BCUT2D eigenvalue weighted by atomic mass is 32.2. The minimum absolute atomic E-state index is 0.103. The Kier molecular flexibility index (Phi) is 8.47. The molecule has 0 fully saturated rings. The zero-order valence-corrected chi connectivity index (χ0v) is 24.2. The molecule has 0 heterocycles. The molecule has 2 N–H and O–H groups in total. The van der Waals surface area contributed by atoms with Crippen LogP contribution in [0.5, 0.6) is 0 Å². The van der Waals surface area contributed by atoms with Gasteiger partial charge in [-0.1, -0.05) is 72.8 Å². The van der Waals surface area contributed by atoms with Crippen molar-refractivity contribution in [1.82, 2.24) is 9.44 Å². The second-order valence-corrected chi connectivity index (χ2v) is 13.6. The smallest absolute Gasteiger partial charge is 0.241 e. The van der Waals surface area contributed by atoms with Gasteiger partial charge in [0, 0.05) is 0 Å². The Labute approximate surface area is 249 Å². The zero-order chi connectivity index (χ0) is 30.8. The number of carboxylic acid groups (broad SMARTS) is 2. The Balaban J connectivity index is 1.34. The summed E-state index contributed by atoms with van der Waals surface area (Å²) in [5, 5.41) is 23.5. The number of sulfonamides is 2. The minimum Gasteiger partial charge on any atom is -0.548 e. The largest absolute Gasteiger partial charge is 0.548 e. The van der Waals surface area contributed by atoms with Crippen molar-refractivity contribution in [2.75, 3.05) is 0 Å². The van der Waals surface area contributed by atoms with Crippen molar-refractivity contribution in [3.63, 3.8) is 0 Å². The van der Waals surface area contributed by atoms with Crippen LogP contribution in [0.2, 0.25) is 0 Å². The van der Waals surface area contributed by atoms with E-state index in [0.29, 0.717) is 33.4 Å². The Morgan fingerprint density at radius 2 is 0.977 bits per heavy atom. The zero-order valence-electron chi connectivity index (χ0n) is 22.6. The van der Waals surface area contributed by atoms with Crippen LogP contribution in [-0.2, 0) is 48.9 Å². The van der Waals surface area contributed by atoms with Gasteiger partial charge in [-0.25, -0.2) is 26.3 Å². The number of aliphatic carboxylic acids is 2. The number of hydrogen-bond donors (Lipinski definition) is 2. The van der Waals surface area contributed by atoms with E-state index in [2.05, 4.69) is 9.44 Å². The van der Waals surface area contributed by atoms with Crippen molar-refractivity contribution < 1.29 is 36.6 Å². The molecule has 43 heavy (non-hydrogen) atoms. The third-order valence-electron chi connectivity index (χ3n) is 7.17. The molecule has 222 valence electrons. The highest BCUT2D eigenvalue weighted by Crippen LogP contribution is 2.38. The molecule has 0 amide bonds. The molecule has 4 aromatic carbocycles. The van der Waals surface area contributed by atoms with Crippen LogP contribution in [0.25, 0.3) is 11.1 Å². The predicted octanol–water partition coefficient (Wildman–Crippen LogP) is 0.537. The van der Waals surface area contributed by atoms with Crippen molar-refractivity contribution in [3.8, 4) is 11.1 Å². The third kappa shape index (κ3) is 6.83. The molecule has 5 rings (SSSR count). The maximum absolute atomic E-state index is 13.1. The molecule has 0 bridgehead atoms. The average molecular weight is 619 g/mol. The normalized spacial score (nSPS) is 14.0. The molecule has 12 heteroatoms. The standard InChI is InChI=1S/C31H28N2O8S2/c34-30(35)28(15-20-7-3-1-4-8-20)32-42(38,39)24-11-13-26-22(18-24)17-23-19-25(12-14-27(23)26)43(40,41)33-29(31(36)37)16-21-9-5-2-6-10-21/h1-14,18-19,28-29,32-33H,15-17H2,(H,34,35)(H,36,37)/p-2/t28-,29-/m1/s1. The molecule has 10 nitrogen and oxygen atoms in total. The van der Waals surface area contributed by atoms with E-state index in [1.54, 1.807) is 72.8 Å². The van der Waals surface area contributed by atoms with Crippen LogP contribution in [0.3, 0.4) is 0 Å². The first-order valence-corrected chi connectivity index (χ1v) is 16.2. The highest BCUT2D eigenvalue weighted by molar-refractivity contribution is 7.89. The molecular formula is C31H26N2O8S2-2. The van der Waals surface area contributed by atoms with Crippen molar-refractivity contribution in [2.24, 2.45) is 0 Å². The van der Waals surface area contributed by atoms with Gasteiger partial charge < -0.3 is 19.8 Å². The Morgan fingerprint density at radius 3 is 1.33 bits per heavy atom. The molecule has 0 aromatic heterocycles. The first-order chi connectivity index (χ1) is 20.4. The van der Waals surface area contributed by atoms with E-state index < -0.39 is 44.1 Å². The summed E-state index contributed by atoms with van der Waals surface area (Å²) in [7, 11) is -8.50. The fourth-order valence-corrected chi connectivity index (χ4v) is 7.52. The molecule has 1 aliphatic carbocycles. The number of carbonyl (C=O) groups excluding carboxylic acids is 2. The first-order valence-electron chi connectivity index (χ1n) is 13.2. The van der Waals surface area contributed by atoms with Gasteiger partial charge in [-0.3, -0.25) is 0 Å². The maximum atomic E-state index is 13.1. The van der Waals surface area contributed by atoms with Gasteiger partial charge in [-0.05, 0) is 76.9 Å². The van der Waals surface area contributed by atoms with Gasteiger partial charge in [0.2, 0.25) is 20.0 Å². The lowest BCUT2D eigenvalue weighted by Crippen LogP contribution is -2.49. The molecule has 0 saturated carbocycles. The second-order valence-electron chi connectivity index (χ2n) is 10.2. The monoisotopic (exact) mass is 618 g/mol. The van der Waals surface area contributed by atoms with Crippen LogP contribution in [0.15, 0.2) is 107 Å². The van der Waals surface area contributed by atoms with Crippen LogP contribution >= 0.6 is 0 Å². The summed E-state index contributed by atoms with van der Waals surface area (Å²) in [5.74, 6) is -3.12. The summed E-state index contributed by atoms with van der Waals surface area (Å²) in [6.45, 7) is 0. The molecule has 0 saturated heterocycles. The molecule has 1 aliphatic rings. The number of carbonyl (C=O) groups is 2. The van der Waals surface area contributed by atoms with Crippen molar-refractivity contribution in [1.29, 1.82) is 0 Å². The summed E-state index contributed by atoms with van der Waals surface area (Å²) in [5.41, 5.74) is 3.84. The summed E-state index contributed by atoms with van der Waals surface area (Å²) in [6.07, 6.45) is 0.00167. The van der Waals surface area contributed by atoms with Crippen molar-refractivity contribution >= 4 is 32.0 Å². The number of rotatable bonds is 12. The summed E-state index contributed by atoms with van der Waals surface area (Å²) >= 11 is 0. The summed E-state index contributed by atoms with van der Waals surface area (Å²) in [6, 6.07) is 22.8. The number of fused-ring (bicyclic) bond motifs is 3. The minimum atomic E-state index is -4.25. The Morgan fingerprint density at radius 1 is 0.605 bits per heavy atom. The van der Waals surface area contributed by atoms with Gasteiger partial charge in [-0.15, -0.1) is 0 Å². The molecule has 0 aliphatic heterocycles. The summed E-state index contributed by atoms with van der Waals surface area (Å²) in [4.78, 5) is 23.2. The quantitative estimate of drug-likeness (QED) is 0.204. The Bertz CT molecular complexity index is 1760. The first kappa shape index (κ1) is 30.1. The molecule has 0 unspecified atom stereocenters. The van der Waals surface area contributed by atoms with Crippen LogP contribution in [0, 0.1) is 0 Å². The topological polar surface area (TPSA) is 173 Å². The molecule has 4 aromatic rings. The highest BCUT2D eigenvalue weighted by Gasteiger charge is 2.27. The van der Waals surface area contributed by atoms with Crippen molar-refractivity contribution in [3.05, 3.63) is 119 Å². The fraction of sp³-hybridized carbons (Fsp3) is 0.161. The predicted molar refractivity (Wildman–Crippen MR) is 153 cm³/mol. The molecular weight excluding hydrogens is 592 g/mol. The molecule has 0 radical (unpaired) electrons.